The molecule has 25 heavy (non-hydrogen) atoms. The van der Waals surface area contributed by atoms with Crippen LogP contribution in [0.1, 0.15) is 11.1 Å². The molecule has 0 bridgehead atoms. The van der Waals surface area contributed by atoms with Crippen molar-refractivity contribution in [3.05, 3.63) is 81.6 Å². The zero-order valence-electron chi connectivity index (χ0n) is 13.2. The van der Waals surface area contributed by atoms with E-state index in [0.717, 1.165) is 5.56 Å². The smallest absolute Gasteiger partial charge is 0.331 e. The van der Waals surface area contributed by atoms with Crippen LogP contribution in [0.4, 0.5) is 4.39 Å². The zero-order valence-corrected chi connectivity index (χ0v) is 15.5. The summed E-state index contributed by atoms with van der Waals surface area (Å²) in [5.41, 5.74) is 1.48. The van der Waals surface area contributed by atoms with E-state index in [0.29, 0.717) is 20.8 Å². The van der Waals surface area contributed by atoms with Crippen LogP contribution in [0.3, 0.4) is 0 Å². The van der Waals surface area contributed by atoms with Crippen LogP contribution in [-0.2, 0) is 16.1 Å². The third kappa shape index (κ3) is 6.03. The van der Waals surface area contributed by atoms with E-state index in [-0.39, 0.29) is 13.2 Å². The van der Waals surface area contributed by atoms with Gasteiger partial charge in [0.25, 0.3) is 0 Å². The van der Waals surface area contributed by atoms with Crippen LogP contribution in [0.15, 0.2) is 59.6 Å². The lowest BCUT2D eigenvalue weighted by Crippen LogP contribution is -1.99. The minimum absolute atomic E-state index is 0.172. The molecule has 0 N–H and O–H groups in total. The molecule has 0 aliphatic rings. The SMILES string of the molecule is C=CCOC(=O)/C=C/c1ccc(OCc2ccc(F)cc2Cl)c(Br)c1. The second-order valence-corrected chi connectivity index (χ2v) is 6.23. The van der Waals surface area contributed by atoms with E-state index in [9.17, 15) is 9.18 Å². The molecule has 0 unspecified atom stereocenters. The average Bonchev–Trinajstić information content (AvgIpc) is 2.58. The first kappa shape index (κ1) is 19.2. The van der Waals surface area contributed by atoms with Crippen LogP contribution in [0, 0.1) is 5.82 Å². The maximum Gasteiger partial charge on any atom is 0.331 e. The molecule has 2 aromatic rings. The van der Waals surface area contributed by atoms with Crippen molar-refractivity contribution in [2.24, 2.45) is 0 Å². The molecule has 0 fully saturated rings. The van der Waals surface area contributed by atoms with Crippen LogP contribution in [-0.4, -0.2) is 12.6 Å². The maximum atomic E-state index is 13.0. The molecule has 0 aromatic heterocycles. The Morgan fingerprint density at radius 3 is 2.76 bits per heavy atom. The Labute approximate surface area is 158 Å². The van der Waals surface area contributed by atoms with Gasteiger partial charge in [-0.3, -0.25) is 0 Å². The predicted molar refractivity (Wildman–Crippen MR) is 100 cm³/mol. The number of carbonyl (C=O) groups is 1. The second kappa shape index (κ2) is 9.39. The fourth-order valence-corrected chi connectivity index (χ4v) is 2.62. The van der Waals surface area contributed by atoms with Crippen molar-refractivity contribution < 1.29 is 18.7 Å². The lowest BCUT2D eigenvalue weighted by atomic mass is 10.2. The molecule has 0 saturated heterocycles. The molecule has 2 rings (SSSR count). The van der Waals surface area contributed by atoms with Crippen molar-refractivity contribution in [1.82, 2.24) is 0 Å². The van der Waals surface area contributed by atoms with Gasteiger partial charge in [0.2, 0.25) is 0 Å². The molecule has 0 saturated carbocycles. The normalized spacial score (nSPS) is 10.7. The highest BCUT2D eigenvalue weighted by Crippen LogP contribution is 2.28. The lowest BCUT2D eigenvalue weighted by Gasteiger charge is -2.10. The first-order valence-electron chi connectivity index (χ1n) is 7.31. The molecular formula is C19H15BrClFO3. The zero-order chi connectivity index (χ0) is 18.2. The van der Waals surface area contributed by atoms with Crippen molar-refractivity contribution in [1.29, 1.82) is 0 Å². The van der Waals surface area contributed by atoms with E-state index in [4.69, 9.17) is 21.1 Å². The standard InChI is InChI=1S/C19H15BrClFO3/c1-2-9-24-19(23)8-4-13-3-7-18(16(20)10-13)25-12-14-5-6-15(22)11-17(14)21/h2-8,10-11H,1,9,12H2/b8-4+. The van der Waals surface area contributed by atoms with Crippen LogP contribution < -0.4 is 4.74 Å². The largest absolute Gasteiger partial charge is 0.488 e. The van der Waals surface area contributed by atoms with Crippen molar-refractivity contribution in [2.45, 2.75) is 6.61 Å². The molecule has 0 aliphatic carbocycles. The van der Waals surface area contributed by atoms with E-state index in [1.807, 2.05) is 0 Å². The van der Waals surface area contributed by atoms with Gasteiger partial charge in [-0.05, 0) is 51.8 Å². The fourth-order valence-electron chi connectivity index (χ4n) is 1.89. The molecule has 0 atom stereocenters. The Hall–Kier alpha value is -2.11. The highest BCUT2D eigenvalue weighted by molar-refractivity contribution is 9.10. The average molecular weight is 426 g/mol. The minimum atomic E-state index is -0.442. The summed E-state index contributed by atoms with van der Waals surface area (Å²) in [6.07, 6.45) is 4.47. The highest BCUT2D eigenvalue weighted by atomic mass is 79.9. The van der Waals surface area contributed by atoms with Crippen molar-refractivity contribution in [2.75, 3.05) is 6.61 Å². The maximum absolute atomic E-state index is 13.0. The molecule has 0 radical (unpaired) electrons. The number of halogens is 3. The van der Waals surface area contributed by atoms with Crippen molar-refractivity contribution >= 4 is 39.6 Å². The lowest BCUT2D eigenvalue weighted by molar-refractivity contribution is -0.136. The molecule has 2 aromatic carbocycles. The number of ether oxygens (including phenoxy) is 2. The molecule has 0 amide bonds. The number of carbonyl (C=O) groups excluding carboxylic acids is 1. The Balaban J connectivity index is 2.00. The topological polar surface area (TPSA) is 35.5 Å². The molecule has 0 aliphatic heterocycles. The van der Waals surface area contributed by atoms with Gasteiger partial charge >= 0.3 is 5.97 Å². The van der Waals surface area contributed by atoms with Gasteiger partial charge in [0.15, 0.2) is 0 Å². The van der Waals surface area contributed by atoms with Crippen LogP contribution >= 0.6 is 27.5 Å². The number of hydrogen-bond donors (Lipinski definition) is 0. The van der Waals surface area contributed by atoms with E-state index >= 15 is 0 Å². The van der Waals surface area contributed by atoms with Gasteiger partial charge in [-0.15, -0.1) is 0 Å². The quantitative estimate of drug-likeness (QED) is 0.331. The second-order valence-electron chi connectivity index (χ2n) is 4.97. The number of benzene rings is 2. The van der Waals surface area contributed by atoms with E-state index in [1.54, 1.807) is 30.3 Å². The van der Waals surface area contributed by atoms with E-state index < -0.39 is 11.8 Å². The van der Waals surface area contributed by atoms with Gasteiger partial charge in [0.05, 0.1) is 9.50 Å². The van der Waals surface area contributed by atoms with Gasteiger partial charge < -0.3 is 9.47 Å². The Bertz CT molecular complexity index is 805. The Kier molecular flexibility index (Phi) is 7.22. The summed E-state index contributed by atoms with van der Waals surface area (Å²) in [7, 11) is 0. The summed E-state index contributed by atoms with van der Waals surface area (Å²) >= 11 is 9.40. The molecule has 6 heteroatoms. The van der Waals surface area contributed by atoms with Gasteiger partial charge in [-0.2, -0.15) is 0 Å². The predicted octanol–water partition coefficient (Wildman–Crippen LogP) is 5.56. The summed E-state index contributed by atoms with van der Waals surface area (Å²) in [5, 5.41) is 0.314. The first-order chi connectivity index (χ1) is 12.0. The number of rotatable bonds is 7. The molecule has 0 heterocycles. The summed E-state index contributed by atoms with van der Waals surface area (Å²) < 4.78 is 24.3. The highest BCUT2D eigenvalue weighted by Gasteiger charge is 2.06. The molecular weight excluding hydrogens is 411 g/mol. The third-order valence-corrected chi connectivity index (χ3v) is 4.08. The third-order valence-electron chi connectivity index (χ3n) is 3.11. The van der Waals surface area contributed by atoms with Gasteiger partial charge in [-0.1, -0.05) is 36.4 Å². The Morgan fingerprint density at radius 1 is 1.28 bits per heavy atom. The van der Waals surface area contributed by atoms with Gasteiger partial charge in [0, 0.05) is 11.6 Å². The number of esters is 1. The molecule has 3 nitrogen and oxygen atoms in total. The van der Waals surface area contributed by atoms with Crippen LogP contribution in [0.25, 0.3) is 6.08 Å². The minimum Gasteiger partial charge on any atom is -0.488 e. The molecule has 130 valence electrons. The van der Waals surface area contributed by atoms with Crippen LogP contribution in [0.2, 0.25) is 5.02 Å². The Morgan fingerprint density at radius 2 is 2.08 bits per heavy atom. The summed E-state index contributed by atoms with van der Waals surface area (Å²) in [5.74, 6) is -0.230. The summed E-state index contributed by atoms with van der Waals surface area (Å²) in [6, 6.07) is 9.52. The van der Waals surface area contributed by atoms with Crippen molar-refractivity contribution in [3.8, 4) is 5.75 Å². The fraction of sp³-hybridized carbons (Fsp3) is 0.105. The van der Waals surface area contributed by atoms with E-state index in [1.165, 1.54) is 24.3 Å². The van der Waals surface area contributed by atoms with Gasteiger partial charge in [0.1, 0.15) is 24.8 Å². The first-order valence-corrected chi connectivity index (χ1v) is 8.48. The molecule has 0 spiro atoms. The van der Waals surface area contributed by atoms with Crippen molar-refractivity contribution in [3.63, 3.8) is 0 Å². The summed E-state index contributed by atoms with van der Waals surface area (Å²) in [6.45, 7) is 3.85. The monoisotopic (exact) mass is 424 g/mol. The van der Waals surface area contributed by atoms with Gasteiger partial charge in [-0.25, -0.2) is 9.18 Å². The number of hydrogen-bond acceptors (Lipinski definition) is 3. The van der Waals surface area contributed by atoms with E-state index in [2.05, 4.69) is 22.5 Å². The summed E-state index contributed by atoms with van der Waals surface area (Å²) in [4.78, 5) is 11.4. The van der Waals surface area contributed by atoms with Crippen LogP contribution in [0.5, 0.6) is 5.75 Å².